The van der Waals surface area contributed by atoms with Crippen LogP contribution in [0.1, 0.15) is 49.7 Å². The Balaban J connectivity index is 1.44. The van der Waals surface area contributed by atoms with E-state index in [9.17, 15) is 13.2 Å². The Morgan fingerprint density at radius 3 is 2.06 bits per heavy atom. The summed E-state index contributed by atoms with van der Waals surface area (Å²) in [7, 11) is -3.29. The van der Waals surface area contributed by atoms with E-state index in [1.54, 1.807) is 12.1 Å². The van der Waals surface area contributed by atoms with Crippen molar-refractivity contribution >= 4 is 33.6 Å². The molecule has 1 fully saturated rings. The molecule has 0 saturated carbocycles. The van der Waals surface area contributed by atoms with Crippen molar-refractivity contribution in [3.8, 4) is 0 Å². The molecule has 0 aromatic heterocycles. The number of anilines is 1. The van der Waals surface area contributed by atoms with Gasteiger partial charge in [-0.2, -0.15) is 0 Å². The van der Waals surface area contributed by atoms with Gasteiger partial charge in [-0.25, -0.2) is 13.2 Å². The van der Waals surface area contributed by atoms with Gasteiger partial charge in [0.2, 0.25) is 0 Å². The first-order valence-electron chi connectivity index (χ1n) is 11.6. The third-order valence-corrected chi connectivity index (χ3v) is 7.61. The number of sulfone groups is 1. The summed E-state index contributed by atoms with van der Waals surface area (Å²) in [5, 5.41) is 0. The average molecular weight is 468 g/mol. The average Bonchev–Trinajstić information content (AvgIpc) is 3.37. The number of benzene rings is 2. The van der Waals surface area contributed by atoms with Gasteiger partial charge in [-0.05, 0) is 61.1 Å². The summed E-state index contributed by atoms with van der Waals surface area (Å²) in [5.41, 5.74) is 3.36. The summed E-state index contributed by atoms with van der Waals surface area (Å²) in [6.45, 7) is 5.96. The fourth-order valence-corrected chi connectivity index (χ4v) is 5.22. The van der Waals surface area contributed by atoms with Crippen LogP contribution in [0.3, 0.4) is 0 Å². The second-order valence-corrected chi connectivity index (χ2v) is 10.4. The van der Waals surface area contributed by atoms with Crippen molar-refractivity contribution in [2.75, 3.05) is 30.3 Å². The van der Waals surface area contributed by atoms with Crippen molar-refractivity contribution in [1.82, 2.24) is 0 Å². The molecule has 1 aliphatic heterocycles. The van der Waals surface area contributed by atoms with Gasteiger partial charge in [0.15, 0.2) is 9.84 Å². The number of nitrogens with zero attached hydrogens (tertiary/aromatic N) is 1. The van der Waals surface area contributed by atoms with Crippen LogP contribution in [0.4, 0.5) is 5.69 Å². The van der Waals surface area contributed by atoms with E-state index in [0.29, 0.717) is 17.9 Å². The van der Waals surface area contributed by atoms with Crippen LogP contribution in [0.25, 0.3) is 12.2 Å². The Hall–Kier alpha value is -2.86. The van der Waals surface area contributed by atoms with Crippen LogP contribution >= 0.6 is 0 Å². The zero-order valence-corrected chi connectivity index (χ0v) is 19.9. The topological polar surface area (TPSA) is 63.7 Å². The molecule has 0 bridgehead atoms. The molecule has 2 aromatic carbocycles. The summed E-state index contributed by atoms with van der Waals surface area (Å²) in [5.74, 6) is -0.302. The molecule has 33 heavy (non-hydrogen) atoms. The second kappa shape index (κ2) is 12.4. The van der Waals surface area contributed by atoms with Gasteiger partial charge in [-0.15, -0.1) is 0 Å². The van der Waals surface area contributed by atoms with Gasteiger partial charge in [-0.3, -0.25) is 0 Å². The summed E-state index contributed by atoms with van der Waals surface area (Å²) in [6.07, 6.45) is 10.6. The molecule has 1 aliphatic rings. The smallest absolute Gasteiger partial charge is 0.330 e. The first-order chi connectivity index (χ1) is 16.0. The first-order valence-corrected chi connectivity index (χ1v) is 13.3. The fourth-order valence-electron chi connectivity index (χ4n) is 3.85. The second-order valence-electron chi connectivity index (χ2n) is 8.29. The first kappa shape index (κ1) is 24.8. The summed E-state index contributed by atoms with van der Waals surface area (Å²) in [6, 6.07) is 15.6. The van der Waals surface area contributed by atoms with Gasteiger partial charge in [0, 0.05) is 24.9 Å². The molecule has 176 valence electrons. The molecule has 5 nitrogen and oxygen atoms in total. The monoisotopic (exact) mass is 467 g/mol. The highest BCUT2D eigenvalue weighted by Crippen LogP contribution is 2.21. The molecule has 1 saturated heterocycles. The standard InChI is InChI=1S/C27H33NO4S/c1-2-27(29)32-21-7-3-4-8-22-33(30,31)26-17-13-24(14-18-26)10-9-23-11-15-25(16-12-23)28-19-5-6-20-28/h2,9-18H,1,3-8,19-22H2. The Bertz CT molecular complexity index is 1030. The predicted octanol–water partition coefficient (Wildman–Crippen LogP) is 5.52. The number of esters is 1. The third kappa shape index (κ3) is 7.90. The lowest BCUT2D eigenvalue weighted by molar-refractivity contribution is -0.137. The Morgan fingerprint density at radius 1 is 0.879 bits per heavy atom. The maximum Gasteiger partial charge on any atom is 0.330 e. The summed E-state index contributed by atoms with van der Waals surface area (Å²) >= 11 is 0. The lowest BCUT2D eigenvalue weighted by Crippen LogP contribution is -2.17. The fraction of sp³-hybridized carbons (Fsp3) is 0.370. The number of unbranched alkanes of at least 4 members (excludes halogenated alkanes) is 3. The normalized spacial score (nSPS) is 14.0. The van der Waals surface area contributed by atoms with Gasteiger partial charge >= 0.3 is 5.97 Å². The molecule has 6 heteroatoms. The van der Waals surface area contributed by atoms with Gasteiger partial charge in [0.25, 0.3) is 0 Å². The number of carbonyl (C=O) groups is 1. The number of rotatable bonds is 12. The molecular weight excluding hydrogens is 434 g/mol. The maximum atomic E-state index is 12.6. The highest BCUT2D eigenvalue weighted by molar-refractivity contribution is 7.91. The molecule has 0 radical (unpaired) electrons. The lowest BCUT2D eigenvalue weighted by atomic mass is 10.1. The maximum absolute atomic E-state index is 12.6. The zero-order chi connectivity index (χ0) is 23.5. The van der Waals surface area contributed by atoms with Crippen LogP contribution in [0, 0.1) is 0 Å². The van der Waals surface area contributed by atoms with Crippen LogP contribution in [0.2, 0.25) is 0 Å². The number of carbonyl (C=O) groups excluding carboxylic acids is 1. The number of hydrogen-bond acceptors (Lipinski definition) is 5. The molecule has 0 amide bonds. The number of ether oxygens (including phenoxy) is 1. The summed E-state index contributed by atoms with van der Waals surface area (Å²) < 4.78 is 30.1. The van der Waals surface area contributed by atoms with Crippen LogP contribution in [-0.2, 0) is 19.4 Å². The molecule has 0 N–H and O–H groups in total. The van der Waals surface area contributed by atoms with Gasteiger partial charge in [0.05, 0.1) is 17.3 Å². The number of hydrogen-bond donors (Lipinski definition) is 0. The molecular formula is C27H33NO4S. The van der Waals surface area contributed by atoms with E-state index in [1.807, 2.05) is 24.3 Å². The predicted molar refractivity (Wildman–Crippen MR) is 135 cm³/mol. The minimum absolute atomic E-state index is 0.123. The van der Waals surface area contributed by atoms with E-state index in [-0.39, 0.29) is 5.75 Å². The van der Waals surface area contributed by atoms with E-state index in [4.69, 9.17) is 4.74 Å². The van der Waals surface area contributed by atoms with Crippen molar-refractivity contribution in [3.05, 3.63) is 72.3 Å². The van der Waals surface area contributed by atoms with Gasteiger partial charge in [0.1, 0.15) is 0 Å². The van der Waals surface area contributed by atoms with Gasteiger partial charge < -0.3 is 9.64 Å². The molecule has 0 spiro atoms. The SMILES string of the molecule is C=CC(=O)OCCCCCCS(=O)(=O)c1ccc(C=Cc2ccc(N3CCCC3)cc2)cc1. The Labute approximate surface area is 197 Å². The van der Waals surface area contributed by atoms with E-state index >= 15 is 0 Å². The van der Waals surface area contributed by atoms with Crippen molar-refractivity contribution < 1.29 is 17.9 Å². The van der Waals surface area contributed by atoms with Crippen molar-refractivity contribution in [2.24, 2.45) is 0 Å². The van der Waals surface area contributed by atoms with Crippen LogP contribution in [0.5, 0.6) is 0 Å². The van der Waals surface area contributed by atoms with Gasteiger partial charge in [-0.1, -0.05) is 55.8 Å². The Morgan fingerprint density at radius 2 is 1.45 bits per heavy atom. The largest absolute Gasteiger partial charge is 0.463 e. The quantitative estimate of drug-likeness (QED) is 0.178. The van der Waals surface area contributed by atoms with Crippen molar-refractivity contribution in [1.29, 1.82) is 0 Å². The van der Waals surface area contributed by atoms with Crippen LogP contribution in [-0.4, -0.2) is 39.8 Å². The molecule has 0 atom stereocenters. The van der Waals surface area contributed by atoms with Crippen LogP contribution in [0.15, 0.2) is 66.1 Å². The zero-order valence-electron chi connectivity index (χ0n) is 19.1. The molecule has 2 aromatic rings. The molecule has 3 rings (SSSR count). The minimum Gasteiger partial charge on any atom is -0.463 e. The lowest BCUT2D eigenvalue weighted by Gasteiger charge is -2.17. The van der Waals surface area contributed by atoms with E-state index < -0.39 is 15.8 Å². The summed E-state index contributed by atoms with van der Waals surface area (Å²) in [4.78, 5) is 13.7. The molecule has 0 aliphatic carbocycles. The molecule has 0 unspecified atom stereocenters. The Kier molecular flexibility index (Phi) is 9.31. The molecule has 1 heterocycles. The van der Waals surface area contributed by atoms with E-state index in [1.165, 1.54) is 18.5 Å². The van der Waals surface area contributed by atoms with Crippen molar-refractivity contribution in [2.45, 2.75) is 43.4 Å². The van der Waals surface area contributed by atoms with Crippen LogP contribution < -0.4 is 4.90 Å². The van der Waals surface area contributed by atoms with E-state index in [0.717, 1.165) is 49.6 Å². The highest BCUT2D eigenvalue weighted by Gasteiger charge is 2.14. The third-order valence-electron chi connectivity index (χ3n) is 5.79. The minimum atomic E-state index is -3.29. The highest BCUT2D eigenvalue weighted by atomic mass is 32.2. The van der Waals surface area contributed by atoms with Crippen molar-refractivity contribution in [3.63, 3.8) is 0 Å². The van der Waals surface area contributed by atoms with E-state index in [2.05, 4.69) is 35.7 Å².